The van der Waals surface area contributed by atoms with Crippen molar-refractivity contribution >= 4 is 87.2 Å². The summed E-state index contributed by atoms with van der Waals surface area (Å²) in [7, 11) is 0. The molecule has 0 fully saturated rings. The van der Waals surface area contributed by atoms with Crippen LogP contribution in [0.3, 0.4) is 0 Å². The van der Waals surface area contributed by atoms with Gasteiger partial charge in [0.1, 0.15) is 0 Å². The Hall–Kier alpha value is -10.8. The Morgan fingerprint density at radius 3 is 0.917 bits per heavy atom. The monoisotopic (exact) mass is 1110 g/mol. The maximum atomic E-state index is 15.3. The molecule has 5 aromatic heterocycles. The molecule has 16 aromatic rings. The number of rotatable bonds is 7. The van der Waals surface area contributed by atoms with Crippen LogP contribution >= 0.6 is 0 Å². The van der Waals surface area contributed by atoms with Gasteiger partial charge in [0.25, 0.3) is 0 Å². The zero-order chi connectivity index (χ0) is 56.6. The van der Waals surface area contributed by atoms with E-state index < -0.39 is 23.5 Å². The number of aromatic nitrogens is 7. The predicted octanol–water partition coefficient (Wildman–Crippen LogP) is 19.3. The Morgan fingerprint density at radius 1 is 0.262 bits per heavy atom. The molecule has 0 unspecified atom stereocenters. The predicted molar refractivity (Wildman–Crippen MR) is 323 cm³/mol. The van der Waals surface area contributed by atoms with E-state index in [0.29, 0.717) is 39.0 Å². The van der Waals surface area contributed by atoms with Gasteiger partial charge >= 0.3 is 12.4 Å². The molecule has 0 bridgehead atoms. The fraction of sp³-hybridized carbons (Fsp3) is 0.0282. The Kier molecular flexibility index (Phi) is 10.7. The van der Waals surface area contributed by atoms with E-state index in [9.17, 15) is 0 Å². The smallest absolute Gasteiger partial charge is 0.309 e. The molecule has 0 aliphatic carbocycles. The standard InChI is InChI=1S/C71H41F6N7/c72-70(73,74)43-32-34-57(83-55-30-16-12-26-49(55)65-61(83)38-36-59-63(65)47-24-10-14-28-53(47)81(59)45-20-6-2-7-21-45)51(40-43)68-78-67(42-18-4-1-5-19-42)79-69(80-68)52-41-44(71(75,76)77)33-35-58(52)84-56-31-17-13-27-50(56)66-62(84)39-37-60-64(66)48-25-11-15-29-54(48)82(60)46-22-8-3-9-23-46/h1-41H. The summed E-state index contributed by atoms with van der Waals surface area (Å²) in [5, 5.41) is 7.32. The summed E-state index contributed by atoms with van der Waals surface area (Å²) in [4.78, 5) is 15.1. The molecule has 0 atom stereocenters. The maximum absolute atomic E-state index is 15.3. The number of alkyl halides is 6. The highest BCUT2D eigenvalue weighted by Crippen LogP contribution is 2.47. The van der Waals surface area contributed by atoms with Crippen molar-refractivity contribution in [1.82, 2.24) is 33.2 Å². The van der Waals surface area contributed by atoms with Crippen LogP contribution in [0.25, 0.3) is 144 Å². The first-order valence-electron chi connectivity index (χ1n) is 27.2. The quantitative estimate of drug-likeness (QED) is 0.149. The SMILES string of the molecule is FC(F)(F)c1ccc(-n2c3ccccc3c3c4c5ccccc5n(-c5ccccc5)c4ccc32)c(-c2nc(-c3ccccc3)nc(-c3cc(C(F)(F)F)ccc3-n3c4ccccc4c4c5c6ccccc6n(-c6ccccc6)c5ccc43)n2)c1. The molecular formula is C71H41F6N7. The number of fused-ring (bicyclic) bond motifs is 14. The van der Waals surface area contributed by atoms with Crippen molar-refractivity contribution in [2.75, 3.05) is 0 Å². The molecule has 84 heavy (non-hydrogen) atoms. The second-order valence-corrected chi connectivity index (χ2v) is 20.9. The van der Waals surface area contributed by atoms with E-state index in [1.807, 2.05) is 143 Å². The van der Waals surface area contributed by atoms with Gasteiger partial charge in [0.05, 0.1) is 66.6 Å². The number of nitrogens with zero attached hydrogens (tertiary/aromatic N) is 7. The second-order valence-electron chi connectivity index (χ2n) is 20.9. The lowest BCUT2D eigenvalue weighted by Crippen LogP contribution is -2.10. The summed E-state index contributed by atoms with van der Waals surface area (Å²) in [5.74, 6) is -0.333. The highest BCUT2D eigenvalue weighted by Gasteiger charge is 2.35. The van der Waals surface area contributed by atoms with E-state index in [1.165, 1.54) is 12.1 Å². The van der Waals surface area contributed by atoms with Crippen LogP contribution in [0.5, 0.6) is 0 Å². The third-order valence-corrected chi connectivity index (χ3v) is 16.3. The molecule has 0 aliphatic heterocycles. The van der Waals surface area contributed by atoms with Gasteiger partial charge in [-0.25, -0.2) is 15.0 Å². The molecular weight excluding hydrogens is 1060 g/mol. The van der Waals surface area contributed by atoms with E-state index in [-0.39, 0.29) is 28.6 Å². The molecule has 0 amide bonds. The zero-order valence-electron chi connectivity index (χ0n) is 44.1. The summed E-state index contributed by atoms with van der Waals surface area (Å²) in [5.41, 5.74) is 7.63. The van der Waals surface area contributed by atoms with Crippen molar-refractivity contribution in [2.24, 2.45) is 0 Å². The maximum Gasteiger partial charge on any atom is 0.416 e. The fourth-order valence-corrected chi connectivity index (χ4v) is 12.8. The fourth-order valence-electron chi connectivity index (χ4n) is 12.8. The summed E-state index contributed by atoms with van der Waals surface area (Å²) in [6.07, 6.45) is -9.64. The average molecular weight is 1110 g/mol. The first-order chi connectivity index (χ1) is 41.0. The number of benzene rings is 11. The Morgan fingerprint density at radius 2 is 0.560 bits per heavy atom. The van der Waals surface area contributed by atoms with Gasteiger partial charge in [0.15, 0.2) is 17.5 Å². The lowest BCUT2D eigenvalue weighted by atomic mass is 10.0. The van der Waals surface area contributed by atoms with Crippen LogP contribution in [0.4, 0.5) is 26.3 Å². The van der Waals surface area contributed by atoms with Gasteiger partial charge in [-0.3, -0.25) is 0 Å². The minimum absolute atomic E-state index is 0.0253. The van der Waals surface area contributed by atoms with Crippen LogP contribution in [-0.4, -0.2) is 33.2 Å². The van der Waals surface area contributed by atoms with Crippen molar-refractivity contribution < 1.29 is 26.3 Å². The van der Waals surface area contributed by atoms with Gasteiger partial charge in [-0.1, -0.05) is 140 Å². The van der Waals surface area contributed by atoms with Crippen molar-refractivity contribution in [3.8, 4) is 56.9 Å². The summed E-state index contributed by atoms with van der Waals surface area (Å²) in [6, 6.07) is 75.8. The lowest BCUT2D eigenvalue weighted by molar-refractivity contribution is -0.138. The normalized spacial score (nSPS) is 12.4. The minimum atomic E-state index is -4.82. The third kappa shape index (κ3) is 7.44. The van der Waals surface area contributed by atoms with Gasteiger partial charge in [0.2, 0.25) is 0 Å². The number of halogens is 6. The van der Waals surface area contributed by atoms with Gasteiger partial charge in [0, 0.05) is 71.2 Å². The van der Waals surface area contributed by atoms with Crippen LogP contribution in [0.15, 0.2) is 249 Å². The van der Waals surface area contributed by atoms with E-state index in [0.717, 1.165) is 101 Å². The lowest BCUT2D eigenvalue weighted by Gasteiger charge is -2.19. The molecule has 5 heterocycles. The molecule has 0 saturated heterocycles. The van der Waals surface area contributed by atoms with Crippen molar-refractivity contribution in [1.29, 1.82) is 0 Å². The van der Waals surface area contributed by atoms with Gasteiger partial charge in [-0.15, -0.1) is 0 Å². The Labute approximate surface area is 473 Å². The first-order valence-corrected chi connectivity index (χ1v) is 27.2. The largest absolute Gasteiger partial charge is 0.416 e. The highest BCUT2D eigenvalue weighted by molar-refractivity contribution is 6.30. The van der Waals surface area contributed by atoms with Crippen LogP contribution in [0.2, 0.25) is 0 Å². The van der Waals surface area contributed by atoms with Crippen molar-refractivity contribution in [2.45, 2.75) is 12.4 Å². The molecule has 11 aromatic carbocycles. The van der Waals surface area contributed by atoms with Gasteiger partial charge in [-0.05, 0) is 109 Å². The van der Waals surface area contributed by atoms with Crippen LogP contribution < -0.4 is 0 Å². The van der Waals surface area contributed by atoms with Crippen LogP contribution in [0, 0.1) is 0 Å². The molecule has 13 heteroatoms. The molecule has 0 aliphatic rings. The molecule has 0 spiro atoms. The van der Waals surface area contributed by atoms with Crippen LogP contribution in [0.1, 0.15) is 11.1 Å². The highest BCUT2D eigenvalue weighted by atomic mass is 19.4. The molecule has 7 nitrogen and oxygen atoms in total. The topological polar surface area (TPSA) is 58.4 Å². The van der Waals surface area contributed by atoms with Gasteiger partial charge in [-0.2, -0.15) is 26.3 Å². The summed E-state index contributed by atoms with van der Waals surface area (Å²) in [6.45, 7) is 0. The minimum Gasteiger partial charge on any atom is -0.309 e. The Bertz CT molecular complexity index is 5030. The molecule has 0 saturated carbocycles. The van der Waals surface area contributed by atoms with E-state index in [4.69, 9.17) is 15.0 Å². The molecule has 16 rings (SSSR count). The van der Waals surface area contributed by atoms with Crippen LogP contribution in [-0.2, 0) is 12.4 Å². The number of hydrogen-bond acceptors (Lipinski definition) is 3. The third-order valence-electron chi connectivity index (χ3n) is 16.3. The molecule has 402 valence electrons. The van der Waals surface area contributed by atoms with E-state index in [2.05, 4.69) is 57.7 Å². The number of para-hydroxylation sites is 6. The second kappa shape index (κ2) is 18.4. The van der Waals surface area contributed by atoms with Crippen molar-refractivity contribution in [3.05, 3.63) is 260 Å². The number of hydrogen-bond donors (Lipinski definition) is 0. The molecule has 0 N–H and O–H groups in total. The first kappa shape index (κ1) is 49.1. The van der Waals surface area contributed by atoms with Gasteiger partial charge < -0.3 is 18.3 Å². The van der Waals surface area contributed by atoms with Crippen molar-refractivity contribution in [3.63, 3.8) is 0 Å². The summed E-state index contributed by atoms with van der Waals surface area (Å²) >= 11 is 0. The Balaban J connectivity index is 0.988. The van der Waals surface area contributed by atoms with E-state index in [1.54, 1.807) is 30.3 Å². The van der Waals surface area contributed by atoms with E-state index >= 15 is 26.3 Å². The summed E-state index contributed by atoms with van der Waals surface area (Å²) < 4.78 is 100. The molecule has 0 radical (unpaired) electrons. The zero-order valence-corrected chi connectivity index (χ0v) is 44.1. The average Bonchev–Trinajstić information content (AvgIpc) is 1.63.